The van der Waals surface area contributed by atoms with E-state index in [0.717, 1.165) is 12.8 Å². The normalized spacial score (nSPS) is 10.2. The molecule has 4 heteroatoms. The van der Waals surface area contributed by atoms with Crippen molar-refractivity contribution in [2.45, 2.75) is 39.7 Å². The van der Waals surface area contributed by atoms with Crippen molar-refractivity contribution in [3.63, 3.8) is 0 Å². The zero-order chi connectivity index (χ0) is 13.5. The number of hydrogen-bond donors (Lipinski definition) is 2. The Kier molecular flexibility index (Phi) is 5.36. The first-order valence-corrected chi connectivity index (χ1v) is 6.25. The van der Waals surface area contributed by atoms with Crippen molar-refractivity contribution in [2.24, 2.45) is 0 Å². The highest BCUT2D eigenvalue weighted by atomic mass is 16.2. The number of nitrogens with one attached hydrogen (secondary N) is 2. The molecule has 1 aromatic carbocycles. The van der Waals surface area contributed by atoms with Gasteiger partial charge in [-0.15, -0.1) is 0 Å². The Morgan fingerprint density at radius 1 is 1.22 bits per heavy atom. The second-order valence-electron chi connectivity index (χ2n) is 4.25. The molecule has 0 aromatic heterocycles. The van der Waals surface area contributed by atoms with E-state index in [4.69, 9.17) is 0 Å². The van der Waals surface area contributed by atoms with Crippen molar-refractivity contribution in [3.05, 3.63) is 29.8 Å². The average molecular weight is 248 g/mol. The van der Waals surface area contributed by atoms with Crippen LogP contribution in [0.15, 0.2) is 24.3 Å². The van der Waals surface area contributed by atoms with Gasteiger partial charge in [0.2, 0.25) is 5.91 Å². The molecule has 0 aliphatic heterocycles. The Hall–Kier alpha value is -1.84. The summed E-state index contributed by atoms with van der Waals surface area (Å²) < 4.78 is 0. The first-order valence-electron chi connectivity index (χ1n) is 6.25. The van der Waals surface area contributed by atoms with Crippen LogP contribution in [0.25, 0.3) is 0 Å². The first-order chi connectivity index (χ1) is 8.56. The lowest BCUT2D eigenvalue weighted by molar-refractivity contribution is -0.114. The fourth-order valence-electron chi connectivity index (χ4n) is 1.70. The number of hydrogen-bond acceptors (Lipinski definition) is 2. The van der Waals surface area contributed by atoms with E-state index in [2.05, 4.69) is 10.6 Å². The van der Waals surface area contributed by atoms with Crippen molar-refractivity contribution in [1.29, 1.82) is 0 Å². The van der Waals surface area contributed by atoms with Gasteiger partial charge in [-0.25, -0.2) is 0 Å². The molecule has 0 spiro atoms. The summed E-state index contributed by atoms with van der Waals surface area (Å²) in [6, 6.07) is 7.13. The molecule has 18 heavy (non-hydrogen) atoms. The lowest BCUT2D eigenvalue weighted by atomic mass is 10.1. The van der Waals surface area contributed by atoms with Crippen LogP contribution < -0.4 is 10.6 Å². The fourth-order valence-corrected chi connectivity index (χ4v) is 1.70. The van der Waals surface area contributed by atoms with Crippen LogP contribution in [0.3, 0.4) is 0 Å². The highest BCUT2D eigenvalue weighted by molar-refractivity contribution is 5.96. The summed E-state index contributed by atoms with van der Waals surface area (Å²) in [5.74, 6) is -0.247. The summed E-state index contributed by atoms with van der Waals surface area (Å²) in [5.41, 5.74) is 1.20. The van der Waals surface area contributed by atoms with Crippen LogP contribution in [0.5, 0.6) is 0 Å². The number of benzene rings is 1. The minimum absolute atomic E-state index is 0.101. The molecule has 2 N–H and O–H groups in total. The summed E-state index contributed by atoms with van der Waals surface area (Å²) in [7, 11) is 0. The molecule has 0 saturated carbocycles. The molecule has 0 saturated heterocycles. The van der Waals surface area contributed by atoms with E-state index in [1.165, 1.54) is 6.92 Å². The highest BCUT2D eigenvalue weighted by Gasteiger charge is 2.10. The molecule has 2 amide bonds. The van der Waals surface area contributed by atoms with Gasteiger partial charge in [-0.1, -0.05) is 19.9 Å². The predicted molar refractivity (Wildman–Crippen MR) is 72.6 cm³/mol. The zero-order valence-corrected chi connectivity index (χ0v) is 11.1. The van der Waals surface area contributed by atoms with Gasteiger partial charge in [-0.05, 0) is 31.0 Å². The summed E-state index contributed by atoms with van der Waals surface area (Å²) in [5, 5.41) is 5.62. The van der Waals surface area contributed by atoms with Gasteiger partial charge in [0.1, 0.15) is 0 Å². The summed E-state index contributed by atoms with van der Waals surface area (Å²) >= 11 is 0. The first kappa shape index (κ1) is 14.2. The minimum atomic E-state index is -0.146. The van der Waals surface area contributed by atoms with Crippen LogP contribution in [0.1, 0.15) is 44.0 Å². The summed E-state index contributed by atoms with van der Waals surface area (Å²) in [6.45, 7) is 5.53. The molecule has 0 atom stereocenters. The van der Waals surface area contributed by atoms with Gasteiger partial charge in [0.15, 0.2) is 0 Å². The average Bonchev–Trinajstić information content (AvgIpc) is 2.35. The topological polar surface area (TPSA) is 58.2 Å². The number of rotatable bonds is 5. The molecule has 0 bridgehead atoms. The van der Waals surface area contributed by atoms with Crippen LogP contribution in [0.4, 0.5) is 5.69 Å². The summed E-state index contributed by atoms with van der Waals surface area (Å²) in [6.07, 6.45) is 1.82. The molecule has 0 heterocycles. The van der Waals surface area contributed by atoms with E-state index in [-0.39, 0.29) is 17.9 Å². The largest absolute Gasteiger partial charge is 0.349 e. The maximum Gasteiger partial charge on any atom is 0.251 e. The molecule has 0 radical (unpaired) electrons. The monoisotopic (exact) mass is 248 g/mol. The Morgan fingerprint density at radius 2 is 1.89 bits per heavy atom. The van der Waals surface area contributed by atoms with Gasteiger partial charge in [0.25, 0.3) is 5.91 Å². The third kappa shape index (κ3) is 4.20. The smallest absolute Gasteiger partial charge is 0.251 e. The second kappa shape index (κ2) is 6.79. The quantitative estimate of drug-likeness (QED) is 0.841. The van der Waals surface area contributed by atoms with Gasteiger partial charge in [-0.3, -0.25) is 9.59 Å². The van der Waals surface area contributed by atoms with E-state index in [1.54, 1.807) is 24.3 Å². The number of amides is 2. The van der Waals surface area contributed by atoms with Crippen molar-refractivity contribution in [2.75, 3.05) is 5.32 Å². The van der Waals surface area contributed by atoms with Crippen LogP contribution >= 0.6 is 0 Å². The van der Waals surface area contributed by atoms with Crippen molar-refractivity contribution in [3.8, 4) is 0 Å². The van der Waals surface area contributed by atoms with Crippen LogP contribution in [0.2, 0.25) is 0 Å². The second-order valence-corrected chi connectivity index (χ2v) is 4.25. The Morgan fingerprint density at radius 3 is 2.44 bits per heavy atom. The Bertz CT molecular complexity index is 426. The van der Waals surface area contributed by atoms with Crippen molar-refractivity contribution < 1.29 is 9.59 Å². The molecular weight excluding hydrogens is 228 g/mol. The highest BCUT2D eigenvalue weighted by Crippen LogP contribution is 2.11. The van der Waals surface area contributed by atoms with Crippen LogP contribution in [-0.2, 0) is 4.79 Å². The molecule has 98 valence electrons. The molecule has 1 rings (SSSR count). The molecule has 0 fully saturated rings. The van der Waals surface area contributed by atoms with Crippen LogP contribution in [0, 0.1) is 0 Å². The Labute approximate surface area is 108 Å². The van der Waals surface area contributed by atoms with E-state index < -0.39 is 0 Å². The SMILES string of the molecule is CCC(CC)NC(=O)c1cccc(NC(C)=O)c1. The number of carbonyl (C=O) groups excluding carboxylic acids is 2. The number of carbonyl (C=O) groups is 2. The third-order valence-electron chi connectivity index (χ3n) is 2.77. The van der Waals surface area contributed by atoms with Crippen LogP contribution in [-0.4, -0.2) is 17.9 Å². The van der Waals surface area contributed by atoms with Gasteiger partial charge in [0, 0.05) is 24.2 Å². The summed E-state index contributed by atoms with van der Waals surface area (Å²) in [4.78, 5) is 22.9. The van der Waals surface area contributed by atoms with E-state index >= 15 is 0 Å². The molecule has 0 unspecified atom stereocenters. The standard InChI is InChI=1S/C14H20N2O2/c1-4-12(5-2)16-14(18)11-7-6-8-13(9-11)15-10(3)17/h6-9,12H,4-5H2,1-3H3,(H,15,17)(H,16,18). The lowest BCUT2D eigenvalue weighted by Gasteiger charge is -2.15. The number of anilines is 1. The van der Waals surface area contributed by atoms with Gasteiger partial charge >= 0.3 is 0 Å². The van der Waals surface area contributed by atoms with Gasteiger partial charge < -0.3 is 10.6 Å². The predicted octanol–water partition coefficient (Wildman–Crippen LogP) is 2.56. The fraction of sp³-hybridized carbons (Fsp3) is 0.429. The minimum Gasteiger partial charge on any atom is -0.349 e. The molecule has 1 aromatic rings. The third-order valence-corrected chi connectivity index (χ3v) is 2.77. The molecule has 0 aliphatic rings. The Balaban J connectivity index is 2.76. The molecule has 4 nitrogen and oxygen atoms in total. The zero-order valence-electron chi connectivity index (χ0n) is 11.1. The molecular formula is C14H20N2O2. The van der Waals surface area contributed by atoms with Crippen molar-refractivity contribution in [1.82, 2.24) is 5.32 Å². The lowest BCUT2D eigenvalue weighted by Crippen LogP contribution is -2.33. The van der Waals surface area contributed by atoms with Gasteiger partial charge in [-0.2, -0.15) is 0 Å². The maximum atomic E-state index is 12.0. The van der Waals surface area contributed by atoms with E-state index in [1.807, 2.05) is 13.8 Å². The van der Waals surface area contributed by atoms with E-state index in [9.17, 15) is 9.59 Å². The van der Waals surface area contributed by atoms with Crippen molar-refractivity contribution >= 4 is 17.5 Å². The maximum absolute atomic E-state index is 12.0. The van der Waals surface area contributed by atoms with Gasteiger partial charge in [0.05, 0.1) is 0 Å². The molecule has 0 aliphatic carbocycles. The van der Waals surface area contributed by atoms with E-state index in [0.29, 0.717) is 11.3 Å².